The number of nitriles is 2. The van der Waals surface area contributed by atoms with Crippen LogP contribution < -0.4 is 4.90 Å². The van der Waals surface area contributed by atoms with Crippen LogP contribution in [0.15, 0.2) is 48.7 Å². The van der Waals surface area contributed by atoms with Crippen molar-refractivity contribution >= 4 is 5.69 Å². The summed E-state index contributed by atoms with van der Waals surface area (Å²) in [7, 11) is 0. The van der Waals surface area contributed by atoms with Crippen LogP contribution in [0.5, 0.6) is 0 Å². The minimum atomic E-state index is -0.424. The first-order valence-corrected chi connectivity index (χ1v) is 7.36. The molecule has 0 aliphatic carbocycles. The van der Waals surface area contributed by atoms with E-state index in [1.54, 1.807) is 6.20 Å². The van der Waals surface area contributed by atoms with Crippen LogP contribution in [0.3, 0.4) is 0 Å². The third-order valence-electron chi connectivity index (χ3n) is 4.39. The first-order chi connectivity index (χ1) is 10.8. The maximum atomic E-state index is 9.72. The van der Waals surface area contributed by atoms with Gasteiger partial charge in [0.2, 0.25) is 0 Å². The largest absolute Gasteiger partial charge is 0.369 e. The lowest BCUT2D eigenvalue weighted by Crippen LogP contribution is -2.42. The molecule has 4 nitrogen and oxygen atoms in total. The summed E-state index contributed by atoms with van der Waals surface area (Å²) in [4.78, 5) is 6.28. The van der Waals surface area contributed by atoms with Crippen LogP contribution in [0.25, 0.3) is 0 Å². The molecule has 0 bridgehead atoms. The van der Waals surface area contributed by atoms with Crippen LogP contribution in [0.4, 0.5) is 5.69 Å². The number of pyridine rings is 1. The topological polar surface area (TPSA) is 63.7 Å². The monoisotopic (exact) mass is 288 g/mol. The van der Waals surface area contributed by atoms with Gasteiger partial charge in [-0.2, -0.15) is 10.5 Å². The molecule has 1 saturated heterocycles. The van der Waals surface area contributed by atoms with E-state index < -0.39 is 5.41 Å². The van der Waals surface area contributed by atoms with Crippen LogP contribution in [-0.4, -0.2) is 18.1 Å². The fourth-order valence-corrected chi connectivity index (χ4v) is 3.09. The van der Waals surface area contributed by atoms with Gasteiger partial charge in [0.25, 0.3) is 0 Å². The smallest absolute Gasteiger partial charge is 0.163 e. The zero-order chi connectivity index (χ0) is 15.4. The highest BCUT2D eigenvalue weighted by atomic mass is 15.1. The molecule has 0 amide bonds. The molecule has 1 aromatic carbocycles. The molecule has 0 saturated carbocycles. The molecule has 0 N–H and O–H groups in total. The van der Waals surface area contributed by atoms with Crippen molar-refractivity contribution in [3.8, 4) is 12.1 Å². The Balaban J connectivity index is 1.83. The third-order valence-corrected chi connectivity index (χ3v) is 4.39. The standard InChI is InChI=1S/C18H16N4/c19-13-16-17(7-4-10-21-16)22-11-8-18(14-20,9-12-22)15-5-2-1-3-6-15/h1-7,10H,8-9,11-12H2. The van der Waals surface area contributed by atoms with Crippen LogP contribution in [0, 0.1) is 22.7 Å². The van der Waals surface area contributed by atoms with Gasteiger partial charge in [0.05, 0.1) is 17.2 Å². The second-order valence-electron chi connectivity index (χ2n) is 5.53. The zero-order valence-corrected chi connectivity index (χ0v) is 12.2. The lowest BCUT2D eigenvalue weighted by molar-refractivity contribution is 0.415. The first kappa shape index (κ1) is 14.1. The molecule has 0 spiro atoms. The molecule has 0 unspecified atom stereocenters. The molecule has 0 atom stereocenters. The quantitative estimate of drug-likeness (QED) is 0.852. The van der Waals surface area contributed by atoms with Crippen molar-refractivity contribution in [2.75, 3.05) is 18.0 Å². The van der Waals surface area contributed by atoms with Crippen molar-refractivity contribution in [1.29, 1.82) is 10.5 Å². The van der Waals surface area contributed by atoms with Gasteiger partial charge >= 0.3 is 0 Å². The Hall–Kier alpha value is -2.85. The highest BCUT2D eigenvalue weighted by molar-refractivity contribution is 5.56. The molecule has 22 heavy (non-hydrogen) atoms. The van der Waals surface area contributed by atoms with Crippen molar-refractivity contribution in [2.24, 2.45) is 0 Å². The summed E-state index contributed by atoms with van der Waals surface area (Å²) in [6, 6.07) is 18.4. The average molecular weight is 288 g/mol. The second-order valence-corrected chi connectivity index (χ2v) is 5.53. The normalized spacial score (nSPS) is 16.5. The molecule has 108 valence electrons. The van der Waals surface area contributed by atoms with Crippen LogP contribution in [-0.2, 0) is 5.41 Å². The minimum Gasteiger partial charge on any atom is -0.369 e. The van der Waals surface area contributed by atoms with Crippen molar-refractivity contribution in [2.45, 2.75) is 18.3 Å². The van der Waals surface area contributed by atoms with Gasteiger partial charge in [-0.1, -0.05) is 30.3 Å². The molecule has 1 fully saturated rings. The lowest BCUT2D eigenvalue weighted by Gasteiger charge is -2.38. The first-order valence-electron chi connectivity index (χ1n) is 7.36. The Bertz CT molecular complexity index is 732. The molecule has 1 aliphatic rings. The Kier molecular flexibility index (Phi) is 3.76. The molecule has 1 aromatic heterocycles. The summed E-state index contributed by atoms with van der Waals surface area (Å²) in [5.74, 6) is 0. The minimum absolute atomic E-state index is 0.424. The van der Waals surface area contributed by atoms with Crippen molar-refractivity contribution < 1.29 is 0 Å². The van der Waals surface area contributed by atoms with Gasteiger partial charge in [-0.15, -0.1) is 0 Å². The third kappa shape index (κ3) is 2.40. The van der Waals surface area contributed by atoms with E-state index in [1.165, 1.54) is 0 Å². The number of rotatable bonds is 2. The number of anilines is 1. The number of benzene rings is 1. The Morgan fingerprint density at radius 3 is 2.36 bits per heavy atom. The van der Waals surface area contributed by atoms with E-state index in [-0.39, 0.29) is 0 Å². The van der Waals surface area contributed by atoms with Crippen molar-refractivity contribution in [3.05, 3.63) is 59.9 Å². The van der Waals surface area contributed by atoms with Gasteiger partial charge in [-0.25, -0.2) is 4.98 Å². The Labute approximate surface area is 130 Å². The lowest BCUT2D eigenvalue weighted by atomic mass is 9.74. The predicted octanol–water partition coefficient (Wildman–Crippen LogP) is 3.02. The Morgan fingerprint density at radius 2 is 1.73 bits per heavy atom. The van der Waals surface area contributed by atoms with Crippen LogP contribution in [0.1, 0.15) is 24.1 Å². The summed E-state index contributed by atoms with van der Waals surface area (Å²) in [5.41, 5.74) is 1.98. The maximum absolute atomic E-state index is 9.72. The maximum Gasteiger partial charge on any atom is 0.163 e. The molecule has 0 radical (unpaired) electrons. The highest BCUT2D eigenvalue weighted by Crippen LogP contribution is 2.36. The van der Waals surface area contributed by atoms with Gasteiger partial charge in [0.1, 0.15) is 6.07 Å². The number of aromatic nitrogens is 1. The van der Waals surface area contributed by atoms with E-state index in [1.807, 2.05) is 42.5 Å². The summed E-state index contributed by atoms with van der Waals surface area (Å²) >= 11 is 0. The predicted molar refractivity (Wildman–Crippen MR) is 84.1 cm³/mol. The van der Waals surface area contributed by atoms with Gasteiger partial charge in [-0.3, -0.25) is 0 Å². The van der Waals surface area contributed by atoms with E-state index >= 15 is 0 Å². The van der Waals surface area contributed by atoms with E-state index in [9.17, 15) is 10.5 Å². The summed E-state index contributed by atoms with van der Waals surface area (Å²) in [6.45, 7) is 1.51. The molecule has 2 aromatic rings. The van der Waals surface area contributed by atoms with E-state index in [0.29, 0.717) is 5.69 Å². The fourth-order valence-electron chi connectivity index (χ4n) is 3.09. The van der Waals surface area contributed by atoms with Gasteiger partial charge in [0.15, 0.2) is 5.69 Å². The van der Waals surface area contributed by atoms with Gasteiger partial charge in [0, 0.05) is 19.3 Å². The fraction of sp³-hybridized carbons (Fsp3) is 0.278. The van der Waals surface area contributed by atoms with E-state index in [4.69, 9.17) is 0 Å². The van der Waals surface area contributed by atoms with Gasteiger partial charge < -0.3 is 4.90 Å². The van der Waals surface area contributed by atoms with Crippen molar-refractivity contribution in [1.82, 2.24) is 4.98 Å². The zero-order valence-electron chi connectivity index (χ0n) is 12.2. The van der Waals surface area contributed by atoms with E-state index in [2.05, 4.69) is 22.0 Å². The molecular formula is C18H16N4. The molecule has 2 heterocycles. The van der Waals surface area contributed by atoms with Gasteiger partial charge in [-0.05, 0) is 30.5 Å². The Morgan fingerprint density at radius 1 is 1.00 bits per heavy atom. The highest BCUT2D eigenvalue weighted by Gasteiger charge is 2.36. The number of hydrogen-bond donors (Lipinski definition) is 0. The van der Waals surface area contributed by atoms with Crippen LogP contribution in [0.2, 0.25) is 0 Å². The number of piperidine rings is 1. The second kappa shape index (κ2) is 5.87. The van der Waals surface area contributed by atoms with Crippen molar-refractivity contribution in [3.63, 3.8) is 0 Å². The summed E-state index contributed by atoms with van der Waals surface area (Å²) in [5, 5.41) is 18.9. The number of hydrogen-bond acceptors (Lipinski definition) is 4. The summed E-state index contributed by atoms with van der Waals surface area (Å²) in [6.07, 6.45) is 3.15. The average Bonchev–Trinajstić information content (AvgIpc) is 2.62. The van der Waals surface area contributed by atoms with Crippen LogP contribution >= 0.6 is 0 Å². The molecule has 3 rings (SSSR count). The molecule has 4 heteroatoms. The molecular weight excluding hydrogens is 272 g/mol. The number of nitrogens with zero attached hydrogens (tertiary/aromatic N) is 4. The SMILES string of the molecule is N#Cc1ncccc1N1CCC(C#N)(c2ccccc2)CC1. The van der Waals surface area contributed by atoms with E-state index in [0.717, 1.165) is 37.2 Å². The molecule has 1 aliphatic heterocycles. The summed E-state index contributed by atoms with van der Waals surface area (Å²) < 4.78 is 0.